The highest BCUT2D eigenvalue weighted by molar-refractivity contribution is 6.32. The van der Waals surface area contributed by atoms with Crippen molar-refractivity contribution in [3.05, 3.63) is 28.5 Å². The predicted molar refractivity (Wildman–Crippen MR) is 44.4 cm³/mol. The van der Waals surface area contributed by atoms with Crippen LogP contribution in [0.1, 0.15) is 10.4 Å². The number of aromatic hydroxyl groups is 1. The molecule has 0 saturated carbocycles. The molecule has 0 unspecified atom stereocenters. The van der Waals surface area contributed by atoms with Gasteiger partial charge in [-0.05, 0) is 12.1 Å². The lowest BCUT2D eigenvalue weighted by Gasteiger charge is -2.04. The second-order valence-electron chi connectivity index (χ2n) is 2.24. The Balaban J connectivity index is 3.33. The van der Waals surface area contributed by atoms with Gasteiger partial charge in [-0.25, -0.2) is 9.18 Å². The van der Waals surface area contributed by atoms with E-state index in [1.54, 1.807) is 0 Å². The van der Waals surface area contributed by atoms with Gasteiger partial charge in [-0.15, -0.1) is 0 Å². The van der Waals surface area contributed by atoms with Crippen LogP contribution in [-0.2, 0) is 4.74 Å². The molecule has 0 radical (unpaired) electrons. The van der Waals surface area contributed by atoms with Crippen molar-refractivity contribution in [2.45, 2.75) is 0 Å². The van der Waals surface area contributed by atoms with Crippen molar-refractivity contribution >= 4 is 17.6 Å². The smallest absolute Gasteiger partial charge is 0.344 e. The van der Waals surface area contributed by atoms with Crippen molar-refractivity contribution in [1.29, 1.82) is 0 Å². The summed E-state index contributed by atoms with van der Waals surface area (Å²) < 4.78 is 17.2. The standard InChI is InChI=1S/C8H6ClFO3/c1-13-8(12)6-5(10)3-2-4(9)7(6)11/h2-3,11H,1H3. The van der Waals surface area contributed by atoms with Crippen molar-refractivity contribution in [1.82, 2.24) is 0 Å². The molecule has 1 aromatic rings. The van der Waals surface area contributed by atoms with E-state index in [2.05, 4.69) is 4.74 Å². The van der Waals surface area contributed by atoms with Crippen molar-refractivity contribution in [3.8, 4) is 5.75 Å². The molecule has 70 valence electrons. The molecule has 3 nitrogen and oxygen atoms in total. The first-order valence-electron chi connectivity index (χ1n) is 3.33. The molecule has 0 amide bonds. The first-order valence-corrected chi connectivity index (χ1v) is 3.71. The normalized spacial score (nSPS) is 9.77. The Morgan fingerprint density at radius 3 is 2.77 bits per heavy atom. The van der Waals surface area contributed by atoms with Crippen LogP contribution in [0.5, 0.6) is 5.75 Å². The van der Waals surface area contributed by atoms with Crippen LogP contribution in [0.25, 0.3) is 0 Å². The van der Waals surface area contributed by atoms with E-state index in [0.717, 1.165) is 19.2 Å². The summed E-state index contributed by atoms with van der Waals surface area (Å²) >= 11 is 5.46. The molecular weight excluding hydrogens is 199 g/mol. The average molecular weight is 205 g/mol. The fraction of sp³-hybridized carbons (Fsp3) is 0.125. The molecule has 0 heterocycles. The molecule has 0 fully saturated rings. The van der Waals surface area contributed by atoms with Crippen LogP contribution in [-0.4, -0.2) is 18.2 Å². The Kier molecular flexibility index (Phi) is 2.72. The number of benzene rings is 1. The Hall–Kier alpha value is -1.29. The third-order valence-corrected chi connectivity index (χ3v) is 1.77. The summed E-state index contributed by atoms with van der Waals surface area (Å²) in [5.41, 5.74) is -0.546. The molecule has 0 spiro atoms. The Labute approximate surface area is 78.7 Å². The third kappa shape index (κ3) is 1.72. The number of carbonyl (C=O) groups is 1. The molecule has 13 heavy (non-hydrogen) atoms. The van der Waals surface area contributed by atoms with Crippen LogP contribution in [0, 0.1) is 5.82 Å². The number of phenolic OH excluding ortho intramolecular Hbond substituents is 1. The van der Waals surface area contributed by atoms with Gasteiger partial charge in [0.1, 0.15) is 11.4 Å². The summed E-state index contributed by atoms with van der Waals surface area (Å²) in [6.45, 7) is 0. The van der Waals surface area contributed by atoms with E-state index >= 15 is 0 Å². The molecule has 0 aliphatic carbocycles. The molecular formula is C8H6ClFO3. The molecule has 1 N–H and O–H groups in total. The Morgan fingerprint density at radius 1 is 1.62 bits per heavy atom. The van der Waals surface area contributed by atoms with Crippen molar-refractivity contribution in [2.24, 2.45) is 0 Å². The fourth-order valence-electron chi connectivity index (χ4n) is 0.837. The molecule has 0 atom stereocenters. The number of phenols is 1. The van der Waals surface area contributed by atoms with Gasteiger partial charge in [-0.2, -0.15) is 0 Å². The molecule has 1 aromatic carbocycles. The van der Waals surface area contributed by atoms with E-state index in [-0.39, 0.29) is 5.02 Å². The third-order valence-electron chi connectivity index (χ3n) is 1.47. The van der Waals surface area contributed by atoms with Gasteiger partial charge in [0, 0.05) is 0 Å². The number of halogens is 2. The zero-order chi connectivity index (χ0) is 10.0. The van der Waals surface area contributed by atoms with Crippen LogP contribution < -0.4 is 0 Å². The number of rotatable bonds is 1. The van der Waals surface area contributed by atoms with Crippen LogP contribution in [0.2, 0.25) is 5.02 Å². The largest absolute Gasteiger partial charge is 0.505 e. The Bertz CT molecular complexity index is 351. The predicted octanol–water partition coefficient (Wildman–Crippen LogP) is 1.97. The monoisotopic (exact) mass is 204 g/mol. The lowest BCUT2D eigenvalue weighted by atomic mass is 10.2. The molecule has 5 heteroatoms. The summed E-state index contributed by atoms with van der Waals surface area (Å²) in [5.74, 6) is -2.43. The van der Waals surface area contributed by atoms with Gasteiger partial charge in [-0.3, -0.25) is 0 Å². The van der Waals surface area contributed by atoms with Gasteiger partial charge in [0.15, 0.2) is 5.75 Å². The topological polar surface area (TPSA) is 46.5 Å². The lowest BCUT2D eigenvalue weighted by molar-refractivity contribution is 0.0592. The van der Waals surface area contributed by atoms with Crippen LogP contribution in [0.4, 0.5) is 4.39 Å². The van der Waals surface area contributed by atoms with Gasteiger partial charge in [-0.1, -0.05) is 11.6 Å². The molecule has 0 bridgehead atoms. The summed E-state index contributed by atoms with van der Waals surface area (Å²) in [7, 11) is 1.09. The number of esters is 1. The van der Waals surface area contributed by atoms with Crippen LogP contribution in [0.3, 0.4) is 0 Å². The van der Waals surface area contributed by atoms with E-state index in [9.17, 15) is 14.3 Å². The highest BCUT2D eigenvalue weighted by atomic mass is 35.5. The van der Waals surface area contributed by atoms with E-state index in [1.807, 2.05) is 0 Å². The van der Waals surface area contributed by atoms with Crippen molar-refractivity contribution in [3.63, 3.8) is 0 Å². The van der Waals surface area contributed by atoms with E-state index in [4.69, 9.17) is 11.6 Å². The summed E-state index contributed by atoms with van der Waals surface area (Å²) in [6, 6.07) is 2.13. The number of methoxy groups -OCH3 is 1. The molecule has 0 aliphatic rings. The summed E-state index contributed by atoms with van der Waals surface area (Å²) in [4.78, 5) is 10.9. The minimum atomic E-state index is -0.961. The van der Waals surface area contributed by atoms with E-state index in [1.165, 1.54) is 0 Å². The number of carbonyl (C=O) groups excluding carboxylic acids is 1. The lowest BCUT2D eigenvalue weighted by Crippen LogP contribution is -2.04. The highest BCUT2D eigenvalue weighted by Gasteiger charge is 2.19. The second kappa shape index (κ2) is 3.62. The fourth-order valence-corrected chi connectivity index (χ4v) is 0.995. The SMILES string of the molecule is COC(=O)c1c(F)ccc(Cl)c1O. The van der Waals surface area contributed by atoms with Gasteiger partial charge < -0.3 is 9.84 Å². The second-order valence-corrected chi connectivity index (χ2v) is 2.65. The molecule has 0 aliphatic heterocycles. The molecule has 0 saturated heterocycles. The van der Waals surface area contributed by atoms with Crippen LogP contribution in [0.15, 0.2) is 12.1 Å². The quantitative estimate of drug-likeness (QED) is 0.712. The van der Waals surface area contributed by atoms with Gasteiger partial charge in [0.05, 0.1) is 12.1 Å². The van der Waals surface area contributed by atoms with E-state index in [0.29, 0.717) is 0 Å². The average Bonchev–Trinajstić information content (AvgIpc) is 2.12. The maximum Gasteiger partial charge on any atom is 0.344 e. The molecule has 0 aromatic heterocycles. The number of hydrogen-bond acceptors (Lipinski definition) is 3. The molecule has 1 rings (SSSR count). The maximum atomic E-state index is 12.9. The minimum Gasteiger partial charge on any atom is -0.505 e. The van der Waals surface area contributed by atoms with Gasteiger partial charge in [0.25, 0.3) is 0 Å². The zero-order valence-electron chi connectivity index (χ0n) is 6.67. The van der Waals surface area contributed by atoms with Gasteiger partial charge >= 0.3 is 5.97 Å². The Morgan fingerprint density at radius 2 is 2.23 bits per heavy atom. The number of hydrogen-bond donors (Lipinski definition) is 1. The van der Waals surface area contributed by atoms with E-state index < -0.39 is 23.1 Å². The van der Waals surface area contributed by atoms with Gasteiger partial charge in [0.2, 0.25) is 0 Å². The zero-order valence-corrected chi connectivity index (χ0v) is 7.43. The first kappa shape index (κ1) is 9.80. The highest BCUT2D eigenvalue weighted by Crippen LogP contribution is 2.29. The maximum absolute atomic E-state index is 12.9. The van der Waals surface area contributed by atoms with Crippen LogP contribution >= 0.6 is 11.6 Å². The summed E-state index contributed by atoms with van der Waals surface area (Å²) in [6.07, 6.45) is 0. The first-order chi connectivity index (χ1) is 6.07. The van der Waals surface area contributed by atoms with Crippen molar-refractivity contribution < 1.29 is 19.0 Å². The summed E-state index contributed by atoms with van der Waals surface area (Å²) in [5, 5.41) is 9.11. The number of ether oxygens (including phenoxy) is 1. The van der Waals surface area contributed by atoms with Crippen molar-refractivity contribution in [2.75, 3.05) is 7.11 Å². The minimum absolute atomic E-state index is 0.0956.